The summed E-state index contributed by atoms with van der Waals surface area (Å²) in [5.74, 6) is 0.722. The molecule has 4 nitrogen and oxygen atoms in total. The highest BCUT2D eigenvalue weighted by molar-refractivity contribution is 5.52. The van der Waals surface area contributed by atoms with Gasteiger partial charge in [-0.3, -0.25) is 0 Å². The molecule has 14 heavy (non-hydrogen) atoms. The van der Waals surface area contributed by atoms with Crippen LogP contribution in [0.1, 0.15) is 26.3 Å². The average molecular weight is 190 g/mol. The van der Waals surface area contributed by atoms with Crippen LogP contribution in [-0.2, 0) is 0 Å². The van der Waals surface area contributed by atoms with Crippen molar-refractivity contribution in [1.29, 1.82) is 5.26 Å². The zero-order chi connectivity index (χ0) is 10.6. The predicted octanol–water partition coefficient (Wildman–Crippen LogP) is 1.58. The number of aromatic nitrogens is 2. The maximum atomic E-state index is 8.89. The molecule has 0 aliphatic rings. The van der Waals surface area contributed by atoms with Crippen molar-refractivity contribution in [2.45, 2.75) is 26.8 Å². The largest absolute Gasteiger partial charge is 0.353 e. The van der Waals surface area contributed by atoms with Crippen LogP contribution in [0.15, 0.2) is 12.5 Å². The van der Waals surface area contributed by atoms with Crippen LogP contribution in [0.3, 0.4) is 0 Å². The topological polar surface area (TPSA) is 52.8 Å². The molecule has 0 radical (unpaired) electrons. The van der Waals surface area contributed by atoms with E-state index in [0.717, 1.165) is 12.4 Å². The fraction of sp³-hybridized carbons (Fsp3) is 0.500. The molecule has 0 saturated heterocycles. The van der Waals surface area contributed by atoms with Crippen molar-refractivity contribution in [1.82, 2.24) is 9.97 Å². The third kappa shape index (κ3) is 1.99. The average Bonchev–Trinajstić information content (AvgIpc) is 2.19. The van der Waals surface area contributed by atoms with Crippen LogP contribution < -0.4 is 4.90 Å². The van der Waals surface area contributed by atoms with Crippen molar-refractivity contribution >= 4 is 5.82 Å². The number of nitriles is 1. The van der Waals surface area contributed by atoms with E-state index in [-0.39, 0.29) is 0 Å². The minimum atomic E-state index is 0.335. The highest BCUT2D eigenvalue weighted by Gasteiger charge is 2.13. The van der Waals surface area contributed by atoms with Crippen LogP contribution in [0.4, 0.5) is 5.82 Å². The van der Waals surface area contributed by atoms with Crippen LogP contribution in [0.5, 0.6) is 0 Å². The molecule has 0 N–H and O–H groups in total. The van der Waals surface area contributed by atoms with Gasteiger partial charge in [-0.2, -0.15) is 5.26 Å². The summed E-state index contributed by atoms with van der Waals surface area (Å²) in [5, 5.41) is 8.89. The second kappa shape index (κ2) is 4.56. The molecular formula is C10H14N4. The lowest BCUT2D eigenvalue weighted by atomic mass is 10.2. The van der Waals surface area contributed by atoms with E-state index in [1.54, 1.807) is 6.20 Å². The molecule has 0 bridgehead atoms. The Morgan fingerprint density at radius 3 is 2.79 bits per heavy atom. The van der Waals surface area contributed by atoms with Crippen LogP contribution in [0.2, 0.25) is 0 Å². The minimum Gasteiger partial charge on any atom is -0.353 e. The number of hydrogen-bond donors (Lipinski definition) is 0. The molecule has 0 unspecified atom stereocenters. The van der Waals surface area contributed by atoms with Gasteiger partial charge in [0.1, 0.15) is 23.8 Å². The summed E-state index contributed by atoms with van der Waals surface area (Å²) in [7, 11) is 0. The van der Waals surface area contributed by atoms with E-state index in [1.165, 1.54) is 6.33 Å². The molecule has 0 aromatic carbocycles. The van der Waals surface area contributed by atoms with Crippen molar-refractivity contribution in [3.63, 3.8) is 0 Å². The highest BCUT2D eigenvalue weighted by Crippen LogP contribution is 2.16. The smallest absolute Gasteiger partial charge is 0.150 e. The fourth-order valence-electron chi connectivity index (χ4n) is 1.39. The Morgan fingerprint density at radius 1 is 1.57 bits per heavy atom. The first-order valence-electron chi connectivity index (χ1n) is 4.67. The van der Waals surface area contributed by atoms with Crippen LogP contribution >= 0.6 is 0 Å². The Balaban J connectivity index is 3.10. The molecule has 0 atom stereocenters. The van der Waals surface area contributed by atoms with E-state index in [0.29, 0.717) is 11.6 Å². The lowest BCUT2D eigenvalue weighted by molar-refractivity contribution is 0.691. The van der Waals surface area contributed by atoms with Gasteiger partial charge in [-0.15, -0.1) is 0 Å². The number of rotatable bonds is 3. The van der Waals surface area contributed by atoms with E-state index < -0.39 is 0 Å². The van der Waals surface area contributed by atoms with E-state index in [1.807, 2.05) is 6.92 Å². The van der Waals surface area contributed by atoms with Crippen LogP contribution in [-0.4, -0.2) is 22.6 Å². The summed E-state index contributed by atoms with van der Waals surface area (Å²) >= 11 is 0. The van der Waals surface area contributed by atoms with Gasteiger partial charge in [0, 0.05) is 12.6 Å². The van der Waals surface area contributed by atoms with E-state index in [2.05, 4.69) is 34.8 Å². The summed E-state index contributed by atoms with van der Waals surface area (Å²) in [6, 6.07) is 2.43. The molecule has 0 amide bonds. The first kappa shape index (κ1) is 10.5. The molecule has 0 saturated carbocycles. The van der Waals surface area contributed by atoms with Crippen molar-refractivity contribution in [2.24, 2.45) is 0 Å². The van der Waals surface area contributed by atoms with Gasteiger partial charge in [0.15, 0.2) is 0 Å². The molecule has 0 aliphatic heterocycles. The highest BCUT2D eigenvalue weighted by atomic mass is 15.2. The zero-order valence-corrected chi connectivity index (χ0v) is 8.73. The second-order valence-electron chi connectivity index (χ2n) is 3.25. The Hall–Kier alpha value is -1.63. The summed E-state index contributed by atoms with van der Waals surface area (Å²) in [6.45, 7) is 7.03. The van der Waals surface area contributed by atoms with Crippen LogP contribution in [0, 0.1) is 11.3 Å². The normalized spacial score (nSPS) is 9.93. The Morgan fingerprint density at radius 2 is 2.29 bits per heavy atom. The molecule has 1 heterocycles. The summed E-state index contributed by atoms with van der Waals surface area (Å²) in [6.07, 6.45) is 3.02. The van der Waals surface area contributed by atoms with Gasteiger partial charge in [0.25, 0.3) is 0 Å². The molecule has 4 heteroatoms. The predicted molar refractivity (Wildman–Crippen MR) is 54.9 cm³/mol. The Kier molecular flexibility index (Phi) is 3.41. The molecule has 1 aromatic rings. The fourth-order valence-corrected chi connectivity index (χ4v) is 1.39. The SMILES string of the molecule is CCN(c1ncncc1C#N)C(C)C. The first-order valence-corrected chi connectivity index (χ1v) is 4.67. The number of hydrogen-bond acceptors (Lipinski definition) is 4. The third-order valence-electron chi connectivity index (χ3n) is 2.05. The van der Waals surface area contributed by atoms with E-state index in [9.17, 15) is 0 Å². The molecule has 1 rings (SSSR count). The summed E-state index contributed by atoms with van der Waals surface area (Å²) < 4.78 is 0. The van der Waals surface area contributed by atoms with Crippen molar-refractivity contribution in [2.75, 3.05) is 11.4 Å². The van der Waals surface area contributed by atoms with Gasteiger partial charge in [-0.25, -0.2) is 9.97 Å². The van der Waals surface area contributed by atoms with Gasteiger partial charge in [-0.1, -0.05) is 0 Å². The maximum Gasteiger partial charge on any atom is 0.150 e. The molecular weight excluding hydrogens is 176 g/mol. The van der Waals surface area contributed by atoms with Gasteiger partial charge >= 0.3 is 0 Å². The van der Waals surface area contributed by atoms with Crippen molar-refractivity contribution in [3.05, 3.63) is 18.1 Å². The van der Waals surface area contributed by atoms with Crippen LogP contribution in [0.25, 0.3) is 0 Å². The standard InChI is InChI=1S/C10H14N4/c1-4-14(8(2)3)10-9(5-11)6-12-7-13-10/h6-8H,4H2,1-3H3. The Labute approximate surface area is 84.2 Å². The van der Waals surface area contributed by atoms with E-state index in [4.69, 9.17) is 5.26 Å². The number of anilines is 1. The Bertz CT molecular complexity index is 340. The lowest BCUT2D eigenvalue weighted by Crippen LogP contribution is -2.31. The minimum absolute atomic E-state index is 0.335. The van der Waals surface area contributed by atoms with Gasteiger partial charge in [0.05, 0.1) is 6.20 Å². The maximum absolute atomic E-state index is 8.89. The zero-order valence-electron chi connectivity index (χ0n) is 8.73. The van der Waals surface area contributed by atoms with Crippen molar-refractivity contribution < 1.29 is 0 Å². The molecule has 0 spiro atoms. The molecule has 0 fully saturated rings. The molecule has 74 valence electrons. The molecule has 0 aliphatic carbocycles. The van der Waals surface area contributed by atoms with Gasteiger partial charge in [0.2, 0.25) is 0 Å². The first-order chi connectivity index (χ1) is 6.70. The lowest BCUT2D eigenvalue weighted by Gasteiger charge is -2.26. The summed E-state index contributed by atoms with van der Waals surface area (Å²) in [4.78, 5) is 10.0. The van der Waals surface area contributed by atoms with Gasteiger partial charge in [-0.05, 0) is 20.8 Å². The van der Waals surface area contributed by atoms with E-state index >= 15 is 0 Å². The quantitative estimate of drug-likeness (QED) is 0.726. The summed E-state index contributed by atoms with van der Waals surface area (Å²) in [5.41, 5.74) is 0.531. The van der Waals surface area contributed by atoms with Gasteiger partial charge < -0.3 is 4.90 Å². The second-order valence-corrected chi connectivity index (χ2v) is 3.25. The van der Waals surface area contributed by atoms with Crippen molar-refractivity contribution in [3.8, 4) is 6.07 Å². The number of nitrogens with zero attached hydrogens (tertiary/aromatic N) is 4. The molecule has 1 aromatic heterocycles. The monoisotopic (exact) mass is 190 g/mol. The third-order valence-corrected chi connectivity index (χ3v) is 2.05.